The summed E-state index contributed by atoms with van der Waals surface area (Å²) in [7, 11) is -3.03. The zero-order valence-electron chi connectivity index (χ0n) is 12.2. The van der Waals surface area contributed by atoms with Gasteiger partial charge < -0.3 is 14.5 Å². The van der Waals surface area contributed by atoms with Crippen LogP contribution in [-0.2, 0) is 14.6 Å². The van der Waals surface area contributed by atoms with E-state index in [1.165, 1.54) is 12.1 Å². The lowest BCUT2D eigenvalue weighted by Gasteiger charge is -2.11. The van der Waals surface area contributed by atoms with Crippen molar-refractivity contribution in [3.63, 3.8) is 0 Å². The van der Waals surface area contributed by atoms with E-state index in [-0.39, 0.29) is 30.1 Å². The van der Waals surface area contributed by atoms with Crippen molar-refractivity contribution in [1.82, 2.24) is 5.32 Å². The summed E-state index contributed by atoms with van der Waals surface area (Å²) in [5.74, 6) is 0.0744. The average Bonchev–Trinajstić information content (AvgIpc) is 2.83. The van der Waals surface area contributed by atoms with E-state index in [0.717, 1.165) is 5.39 Å². The van der Waals surface area contributed by atoms with E-state index in [9.17, 15) is 18.0 Å². The minimum Gasteiger partial charge on any atom is -0.484 e. The lowest BCUT2D eigenvalue weighted by atomic mass is 10.2. The lowest BCUT2D eigenvalue weighted by molar-refractivity contribution is -0.123. The second kappa shape index (κ2) is 6.04. The molecule has 0 aliphatic carbocycles. The van der Waals surface area contributed by atoms with Crippen LogP contribution < -0.4 is 15.7 Å². The standard InChI is InChI=1S/C15H15NO6S/c17-14(16-11-5-6-23(19,20)9-11)8-21-12-3-1-10-2-4-15(18)22-13(10)7-12/h1-4,7,11H,5-6,8-9H2,(H,16,17)/t11-/m1/s1. The van der Waals surface area contributed by atoms with Crippen molar-refractivity contribution in [2.45, 2.75) is 12.5 Å². The van der Waals surface area contributed by atoms with Gasteiger partial charge in [0.2, 0.25) is 0 Å². The molecule has 0 radical (unpaired) electrons. The molecule has 1 fully saturated rings. The Morgan fingerprint density at radius 1 is 1.30 bits per heavy atom. The first kappa shape index (κ1) is 15.5. The molecule has 2 aromatic rings. The van der Waals surface area contributed by atoms with Crippen LogP contribution in [0, 0.1) is 0 Å². The molecule has 1 saturated heterocycles. The van der Waals surface area contributed by atoms with Crippen LogP contribution in [0.3, 0.4) is 0 Å². The molecule has 1 aromatic carbocycles. The van der Waals surface area contributed by atoms with Gasteiger partial charge in [0, 0.05) is 23.6 Å². The fraction of sp³-hybridized carbons (Fsp3) is 0.333. The van der Waals surface area contributed by atoms with Gasteiger partial charge in [-0.15, -0.1) is 0 Å². The molecule has 0 saturated carbocycles. The zero-order valence-corrected chi connectivity index (χ0v) is 13.0. The number of carbonyl (C=O) groups excluding carboxylic acids is 1. The minimum atomic E-state index is -3.03. The van der Waals surface area contributed by atoms with Crippen molar-refractivity contribution in [1.29, 1.82) is 0 Å². The Labute approximate surface area is 132 Å². The number of carbonyl (C=O) groups is 1. The Balaban J connectivity index is 1.59. The van der Waals surface area contributed by atoms with Gasteiger partial charge in [0.1, 0.15) is 11.3 Å². The van der Waals surface area contributed by atoms with Gasteiger partial charge in [0.15, 0.2) is 16.4 Å². The highest BCUT2D eigenvalue weighted by Gasteiger charge is 2.28. The average molecular weight is 337 g/mol. The fourth-order valence-electron chi connectivity index (χ4n) is 2.46. The van der Waals surface area contributed by atoms with Gasteiger partial charge in [-0.3, -0.25) is 4.79 Å². The molecule has 7 nitrogen and oxygen atoms in total. The molecule has 1 aliphatic heterocycles. The number of amides is 1. The van der Waals surface area contributed by atoms with Crippen molar-refractivity contribution in [3.8, 4) is 5.75 Å². The maximum atomic E-state index is 11.8. The van der Waals surface area contributed by atoms with E-state index in [1.54, 1.807) is 18.2 Å². The van der Waals surface area contributed by atoms with E-state index in [4.69, 9.17) is 9.15 Å². The highest BCUT2D eigenvalue weighted by molar-refractivity contribution is 7.91. The number of hydrogen-bond donors (Lipinski definition) is 1. The highest BCUT2D eigenvalue weighted by atomic mass is 32.2. The van der Waals surface area contributed by atoms with Crippen LogP contribution in [0.4, 0.5) is 0 Å². The molecule has 0 bridgehead atoms. The number of rotatable bonds is 4. The maximum absolute atomic E-state index is 11.8. The first-order chi connectivity index (χ1) is 10.9. The van der Waals surface area contributed by atoms with Gasteiger partial charge in [-0.1, -0.05) is 0 Å². The number of benzene rings is 1. The number of fused-ring (bicyclic) bond motifs is 1. The molecule has 0 unspecified atom stereocenters. The summed E-state index contributed by atoms with van der Waals surface area (Å²) in [4.78, 5) is 23.0. The van der Waals surface area contributed by atoms with Crippen molar-refractivity contribution in [2.24, 2.45) is 0 Å². The second-order valence-corrected chi connectivity index (χ2v) is 7.64. The Hall–Kier alpha value is -2.35. The van der Waals surface area contributed by atoms with Crippen LogP contribution in [0.25, 0.3) is 11.0 Å². The van der Waals surface area contributed by atoms with Crippen molar-refractivity contribution >= 4 is 26.7 Å². The number of hydrogen-bond acceptors (Lipinski definition) is 6. The van der Waals surface area contributed by atoms with E-state index >= 15 is 0 Å². The second-order valence-electron chi connectivity index (χ2n) is 5.41. The molecule has 122 valence electrons. The summed E-state index contributed by atoms with van der Waals surface area (Å²) >= 11 is 0. The predicted molar refractivity (Wildman–Crippen MR) is 83.2 cm³/mol. The van der Waals surface area contributed by atoms with Crippen LogP contribution in [0.15, 0.2) is 39.5 Å². The molecule has 3 rings (SSSR count). The third-order valence-electron chi connectivity index (χ3n) is 3.56. The van der Waals surface area contributed by atoms with Crippen LogP contribution in [0.5, 0.6) is 5.75 Å². The molecule has 0 spiro atoms. The lowest BCUT2D eigenvalue weighted by Crippen LogP contribution is -2.38. The maximum Gasteiger partial charge on any atom is 0.336 e. The van der Waals surface area contributed by atoms with Gasteiger partial charge >= 0.3 is 5.63 Å². The number of sulfone groups is 1. The van der Waals surface area contributed by atoms with Crippen molar-refractivity contribution in [3.05, 3.63) is 40.8 Å². The predicted octanol–water partition coefficient (Wildman–Crippen LogP) is 0.475. The minimum absolute atomic E-state index is 0.0279. The zero-order chi connectivity index (χ0) is 16.4. The normalized spacial score (nSPS) is 19.6. The van der Waals surface area contributed by atoms with Gasteiger partial charge in [-0.2, -0.15) is 0 Å². The van der Waals surface area contributed by atoms with Gasteiger partial charge in [-0.05, 0) is 24.6 Å². The van der Waals surface area contributed by atoms with Crippen LogP contribution >= 0.6 is 0 Å². The molecule has 1 amide bonds. The molecule has 2 heterocycles. The monoisotopic (exact) mass is 337 g/mol. The molecular formula is C15H15NO6S. The molecule has 8 heteroatoms. The Morgan fingerprint density at radius 2 is 2.09 bits per heavy atom. The van der Waals surface area contributed by atoms with Gasteiger partial charge in [0.25, 0.3) is 5.91 Å². The fourth-order valence-corrected chi connectivity index (χ4v) is 4.13. The summed E-state index contributed by atoms with van der Waals surface area (Å²) in [5, 5.41) is 3.38. The smallest absolute Gasteiger partial charge is 0.336 e. The molecule has 1 aromatic heterocycles. The van der Waals surface area contributed by atoms with Gasteiger partial charge in [0.05, 0.1) is 11.5 Å². The Bertz CT molecular complexity index is 902. The Kier molecular flexibility index (Phi) is 4.08. The van der Waals surface area contributed by atoms with E-state index in [0.29, 0.717) is 17.8 Å². The Morgan fingerprint density at radius 3 is 2.83 bits per heavy atom. The summed E-state index contributed by atoms with van der Waals surface area (Å²) in [6, 6.07) is 7.52. The van der Waals surface area contributed by atoms with E-state index < -0.39 is 15.5 Å². The quantitative estimate of drug-likeness (QED) is 0.814. The topological polar surface area (TPSA) is 103 Å². The first-order valence-electron chi connectivity index (χ1n) is 7.08. The van der Waals surface area contributed by atoms with Gasteiger partial charge in [-0.25, -0.2) is 13.2 Å². The third-order valence-corrected chi connectivity index (χ3v) is 5.33. The molecule has 1 atom stereocenters. The first-order valence-corrected chi connectivity index (χ1v) is 8.90. The van der Waals surface area contributed by atoms with E-state index in [1.807, 2.05) is 0 Å². The summed E-state index contributed by atoms with van der Waals surface area (Å²) < 4.78 is 33.1. The molecule has 1 N–H and O–H groups in total. The number of nitrogens with one attached hydrogen (secondary N) is 1. The van der Waals surface area contributed by atoms with Crippen LogP contribution in [-0.4, -0.2) is 38.5 Å². The van der Waals surface area contributed by atoms with Crippen molar-refractivity contribution in [2.75, 3.05) is 18.1 Å². The summed E-state index contributed by atoms with van der Waals surface area (Å²) in [6.45, 7) is -0.237. The molecule has 1 aliphatic rings. The van der Waals surface area contributed by atoms with Crippen molar-refractivity contribution < 1.29 is 22.4 Å². The summed E-state index contributed by atoms with van der Waals surface area (Å²) in [6.07, 6.45) is 0.426. The SMILES string of the molecule is O=C(COc1ccc2ccc(=O)oc2c1)N[C@@H]1CCS(=O)(=O)C1. The highest BCUT2D eigenvalue weighted by Crippen LogP contribution is 2.19. The van der Waals surface area contributed by atoms with Crippen LogP contribution in [0.2, 0.25) is 0 Å². The molecular weight excluding hydrogens is 322 g/mol. The summed E-state index contributed by atoms with van der Waals surface area (Å²) in [5.41, 5.74) is -0.0906. The van der Waals surface area contributed by atoms with E-state index in [2.05, 4.69) is 5.32 Å². The third kappa shape index (κ3) is 3.89. The number of ether oxygens (including phenoxy) is 1. The molecule has 23 heavy (non-hydrogen) atoms. The largest absolute Gasteiger partial charge is 0.484 e. The van der Waals surface area contributed by atoms with Crippen LogP contribution in [0.1, 0.15) is 6.42 Å².